The van der Waals surface area contributed by atoms with E-state index >= 15 is 0 Å². The maximum absolute atomic E-state index is 10.0. The molecule has 0 aromatic heterocycles. The lowest BCUT2D eigenvalue weighted by molar-refractivity contribution is -0.108. The number of carbonyl (C=O) groups excluding carboxylic acids is 1. The standard InChI is InChI=1S/C8H15NO/c9-8(6-3-7-10)4-1-2-5-8/h7H,1-6,9H2. The molecule has 0 radical (unpaired) electrons. The number of hydrogen-bond donors (Lipinski definition) is 1. The Balaban J connectivity index is 2.28. The average Bonchev–Trinajstić information content (AvgIpc) is 2.33. The quantitative estimate of drug-likeness (QED) is 0.601. The fraction of sp³-hybridized carbons (Fsp3) is 0.875. The van der Waals surface area contributed by atoms with Gasteiger partial charge in [0.1, 0.15) is 6.29 Å². The first-order valence-corrected chi connectivity index (χ1v) is 3.99. The van der Waals surface area contributed by atoms with Crippen molar-refractivity contribution in [3.8, 4) is 0 Å². The smallest absolute Gasteiger partial charge is 0.120 e. The van der Waals surface area contributed by atoms with Crippen molar-refractivity contribution in [2.24, 2.45) is 5.73 Å². The van der Waals surface area contributed by atoms with Crippen molar-refractivity contribution >= 4 is 6.29 Å². The maximum atomic E-state index is 10.0. The summed E-state index contributed by atoms with van der Waals surface area (Å²) in [7, 11) is 0. The van der Waals surface area contributed by atoms with Gasteiger partial charge in [-0.1, -0.05) is 12.8 Å². The maximum Gasteiger partial charge on any atom is 0.120 e. The highest BCUT2D eigenvalue weighted by Gasteiger charge is 2.27. The summed E-state index contributed by atoms with van der Waals surface area (Å²) in [6, 6.07) is 0. The topological polar surface area (TPSA) is 43.1 Å². The summed E-state index contributed by atoms with van der Waals surface area (Å²) in [4.78, 5) is 10.0. The van der Waals surface area contributed by atoms with Crippen LogP contribution in [0.25, 0.3) is 0 Å². The first kappa shape index (κ1) is 7.73. The summed E-state index contributed by atoms with van der Waals surface area (Å²) in [6.45, 7) is 0. The first-order chi connectivity index (χ1) is 4.77. The van der Waals surface area contributed by atoms with Crippen molar-refractivity contribution in [1.29, 1.82) is 0 Å². The minimum atomic E-state index is 0.0148. The second-order valence-corrected chi connectivity index (χ2v) is 3.27. The van der Waals surface area contributed by atoms with Crippen LogP contribution in [0.1, 0.15) is 38.5 Å². The van der Waals surface area contributed by atoms with Crippen LogP contribution in [-0.4, -0.2) is 11.8 Å². The predicted octanol–water partition coefficient (Wildman–Crippen LogP) is 1.24. The van der Waals surface area contributed by atoms with Crippen molar-refractivity contribution in [2.75, 3.05) is 0 Å². The Morgan fingerprint density at radius 1 is 1.40 bits per heavy atom. The van der Waals surface area contributed by atoms with Gasteiger partial charge in [0.2, 0.25) is 0 Å². The van der Waals surface area contributed by atoms with Crippen LogP contribution >= 0.6 is 0 Å². The molecule has 0 spiro atoms. The minimum Gasteiger partial charge on any atom is -0.325 e. The molecule has 0 saturated heterocycles. The summed E-state index contributed by atoms with van der Waals surface area (Å²) < 4.78 is 0. The molecular weight excluding hydrogens is 126 g/mol. The molecule has 0 heterocycles. The van der Waals surface area contributed by atoms with Crippen molar-refractivity contribution in [2.45, 2.75) is 44.1 Å². The molecule has 0 aromatic rings. The Morgan fingerprint density at radius 2 is 2.00 bits per heavy atom. The van der Waals surface area contributed by atoms with Gasteiger partial charge in [0.25, 0.3) is 0 Å². The lowest BCUT2D eigenvalue weighted by atomic mass is 9.93. The largest absolute Gasteiger partial charge is 0.325 e. The second-order valence-electron chi connectivity index (χ2n) is 3.27. The van der Waals surface area contributed by atoms with E-state index in [1.165, 1.54) is 12.8 Å². The zero-order valence-electron chi connectivity index (χ0n) is 6.31. The Kier molecular flexibility index (Phi) is 2.44. The van der Waals surface area contributed by atoms with Gasteiger partial charge in [-0.2, -0.15) is 0 Å². The molecule has 1 aliphatic rings. The van der Waals surface area contributed by atoms with Crippen LogP contribution < -0.4 is 5.73 Å². The fourth-order valence-electron chi connectivity index (χ4n) is 1.68. The van der Waals surface area contributed by atoms with Crippen LogP contribution in [0.5, 0.6) is 0 Å². The summed E-state index contributed by atoms with van der Waals surface area (Å²) in [5.41, 5.74) is 6.00. The van der Waals surface area contributed by atoms with Crippen LogP contribution in [0, 0.1) is 0 Å². The van der Waals surface area contributed by atoms with E-state index in [-0.39, 0.29) is 5.54 Å². The van der Waals surface area contributed by atoms with E-state index in [4.69, 9.17) is 5.73 Å². The molecule has 0 atom stereocenters. The Hall–Kier alpha value is -0.370. The molecule has 10 heavy (non-hydrogen) atoms. The monoisotopic (exact) mass is 141 g/mol. The third-order valence-electron chi connectivity index (χ3n) is 2.36. The van der Waals surface area contributed by atoms with Crippen molar-refractivity contribution < 1.29 is 4.79 Å². The highest BCUT2D eigenvalue weighted by Crippen LogP contribution is 2.30. The van der Waals surface area contributed by atoms with Crippen LogP contribution in [0.3, 0.4) is 0 Å². The predicted molar refractivity (Wildman–Crippen MR) is 40.7 cm³/mol. The third-order valence-corrected chi connectivity index (χ3v) is 2.36. The van der Waals surface area contributed by atoms with Gasteiger partial charge >= 0.3 is 0 Å². The minimum absolute atomic E-state index is 0.0148. The normalized spacial score (nSPS) is 22.9. The Bertz CT molecular complexity index is 116. The lowest BCUT2D eigenvalue weighted by Gasteiger charge is -2.21. The first-order valence-electron chi connectivity index (χ1n) is 3.99. The van der Waals surface area contributed by atoms with Gasteiger partial charge in [0, 0.05) is 12.0 Å². The molecular formula is C8H15NO. The van der Waals surface area contributed by atoms with Crippen LogP contribution in [0.4, 0.5) is 0 Å². The Morgan fingerprint density at radius 3 is 2.50 bits per heavy atom. The summed E-state index contributed by atoms with van der Waals surface area (Å²) in [5, 5.41) is 0. The third kappa shape index (κ3) is 1.81. The molecule has 1 saturated carbocycles. The second kappa shape index (κ2) is 3.15. The Labute approximate surface area is 61.8 Å². The van der Waals surface area contributed by atoms with E-state index in [2.05, 4.69) is 0 Å². The van der Waals surface area contributed by atoms with E-state index in [9.17, 15) is 4.79 Å². The van der Waals surface area contributed by atoms with Crippen LogP contribution in [0.15, 0.2) is 0 Å². The van der Waals surface area contributed by atoms with Gasteiger partial charge in [0.15, 0.2) is 0 Å². The zero-order valence-corrected chi connectivity index (χ0v) is 6.31. The van der Waals surface area contributed by atoms with Crippen LogP contribution in [-0.2, 0) is 4.79 Å². The molecule has 0 aliphatic heterocycles. The van der Waals surface area contributed by atoms with E-state index < -0.39 is 0 Å². The SMILES string of the molecule is NC1(CCC=O)CCCC1. The van der Waals surface area contributed by atoms with Crippen molar-refractivity contribution in [3.05, 3.63) is 0 Å². The number of rotatable bonds is 3. The van der Waals surface area contributed by atoms with E-state index in [0.29, 0.717) is 6.42 Å². The van der Waals surface area contributed by atoms with Crippen molar-refractivity contribution in [3.63, 3.8) is 0 Å². The molecule has 0 amide bonds. The molecule has 0 aromatic carbocycles. The molecule has 1 aliphatic carbocycles. The van der Waals surface area contributed by atoms with Gasteiger partial charge in [0.05, 0.1) is 0 Å². The molecule has 1 rings (SSSR count). The van der Waals surface area contributed by atoms with Gasteiger partial charge in [-0.05, 0) is 19.3 Å². The van der Waals surface area contributed by atoms with E-state index in [1.807, 2.05) is 0 Å². The number of hydrogen-bond acceptors (Lipinski definition) is 2. The lowest BCUT2D eigenvalue weighted by Crippen LogP contribution is -2.36. The molecule has 0 bridgehead atoms. The zero-order chi connectivity index (χ0) is 7.45. The fourth-order valence-corrected chi connectivity index (χ4v) is 1.68. The summed E-state index contributed by atoms with van der Waals surface area (Å²) >= 11 is 0. The molecule has 2 N–H and O–H groups in total. The molecule has 0 unspecified atom stereocenters. The molecule has 1 fully saturated rings. The summed E-state index contributed by atoms with van der Waals surface area (Å²) in [5.74, 6) is 0. The average molecular weight is 141 g/mol. The highest BCUT2D eigenvalue weighted by atomic mass is 16.1. The van der Waals surface area contributed by atoms with Gasteiger partial charge in [-0.25, -0.2) is 0 Å². The highest BCUT2D eigenvalue weighted by molar-refractivity contribution is 5.49. The molecule has 2 nitrogen and oxygen atoms in total. The number of carbonyl (C=O) groups is 1. The molecule has 2 heteroatoms. The number of nitrogens with two attached hydrogens (primary N) is 1. The van der Waals surface area contributed by atoms with E-state index in [0.717, 1.165) is 25.5 Å². The van der Waals surface area contributed by atoms with E-state index in [1.54, 1.807) is 0 Å². The van der Waals surface area contributed by atoms with Gasteiger partial charge < -0.3 is 10.5 Å². The van der Waals surface area contributed by atoms with Crippen molar-refractivity contribution in [1.82, 2.24) is 0 Å². The number of aldehydes is 1. The summed E-state index contributed by atoms with van der Waals surface area (Å²) in [6.07, 6.45) is 7.20. The van der Waals surface area contributed by atoms with Crippen LogP contribution in [0.2, 0.25) is 0 Å². The van der Waals surface area contributed by atoms with Gasteiger partial charge in [-0.15, -0.1) is 0 Å². The molecule has 58 valence electrons. The van der Waals surface area contributed by atoms with Gasteiger partial charge in [-0.3, -0.25) is 0 Å².